The highest BCUT2D eigenvalue weighted by Gasteiger charge is 2.30. The predicted molar refractivity (Wildman–Crippen MR) is 93.2 cm³/mol. The van der Waals surface area contributed by atoms with Crippen molar-refractivity contribution in [1.29, 1.82) is 5.26 Å². The highest BCUT2D eigenvalue weighted by Crippen LogP contribution is 2.30. The number of hydrogen-bond donors (Lipinski definition) is 0. The van der Waals surface area contributed by atoms with Gasteiger partial charge in [0.25, 0.3) is 0 Å². The molecule has 1 saturated heterocycles. The molecule has 1 fully saturated rings. The van der Waals surface area contributed by atoms with E-state index in [1.165, 1.54) is 6.20 Å². The van der Waals surface area contributed by atoms with Gasteiger partial charge >= 0.3 is 6.09 Å². The Morgan fingerprint density at radius 2 is 2.21 bits per heavy atom. The maximum absolute atomic E-state index is 12.3. The smallest absolute Gasteiger partial charge is 0.410 e. The number of aromatic nitrogens is 1. The largest absolute Gasteiger partial charge is 0.444 e. The molecule has 2 heterocycles. The molecule has 7 heteroatoms. The minimum atomic E-state index is -0.520. The second kappa shape index (κ2) is 7.27. The summed E-state index contributed by atoms with van der Waals surface area (Å²) in [5.41, 5.74) is 0.573. The first kappa shape index (κ1) is 18.3. The van der Waals surface area contributed by atoms with Crippen LogP contribution >= 0.6 is 11.6 Å². The summed E-state index contributed by atoms with van der Waals surface area (Å²) < 4.78 is 5.44. The third kappa shape index (κ3) is 4.30. The molecule has 0 N–H and O–H groups in total. The molecule has 1 amide bonds. The summed E-state index contributed by atoms with van der Waals surface area (Å²) in [4.78, 5) is 20.1. The Kier molecular flexibility index (Phi) is 5.55. The van der Waals surface area contributed by atoms with E-state index in [9.17, 15) is 4.79 Å². The molecule has 1 aliphatic rings. The van der Waals surface area contributed by atoms with Crippen molar-refractivity contribution in [2.45, 2.75) is 45.3 Å². The van der Waals surface area contributed by atoms with E-state index >= 15 is 0 Å². The lowest BCUT2D eigenvalue weighted by Crippen LogP contribution is -2.50. The van der Waals surface area contributed by atoms with Gasteiger partial charge in [0.15, 0.2) is 0 Å². The Labute approximate surface area is 148 Å². The van der Waals surface area contributed by atoms with E-state index in [0.29, 0.717) is 17.1 Å². The van der Waals surface area contributed by atoms with Gasteiger partial charge in [0.2, 0.25) is 0 Å². The lowest BCUT2D eigenvalue weighted by molar-refractivity contribution is 0.0210. The van der Waals surface area contributed by atoms with Gasteiger partial charge in [-0.3, -0.25) is 4.98 Å². The lowest BCUT2D eigenvalue weighted by Gasteiger charge is -2.39. The van der Waals surface area contributed by atoms with Crippen LogP contribution in [0.15, 0.2) is 12.4 Å². The van der Waals surface area contributed by atoms with Gasteiger partial charge in [0.05, 0.1) is 28.5 Å². The third-order valence-electron chi connectivity index (χ3n) is 3.95. The minimum absolute atomic E-state index is 0.0235. The molecular weight excluding hydrogens is 328 g/mol. The van der Waals surface area contributed by atoms with Gasteiger partial charge in [-0.1, -0.05) is 11.6 Å². The van der Waals surface area contributed by atoms with Gasteiger partial charge in [0, 0.05) is 26.3 Å². The van der Waals surface area contributed by atoms with E-state index in [-0.39, 0.29) is 12.1 Å². The fourth-order valence-corrected chi connectivity index (χ4v) is 2.96. The molecule has 1 aromatic rings. The van der Waals surface area contributed by atoms with Crippen LogP contribution in [0.25, 0.3) is 0 Å². The van der Waals surface area contributed by atoms with E-state index in [1.54, 1.807) is 18.1 Å². The Morgan fingerprint density at radius 1 is 1.50 bits per heavy atom. The first-order chi connectivity index (χ1) is 11.2. The van der Waals surface area contributed by atoms with Crippen LogP contribution in [0.1, 0.15) is 39.2 Å². The fourth-order valence-electron chi connectivity index (χ4n) is 2.70. The number of rotatable bonds is 2. The van der Waals surface area contributed by atoms with E-state index in [0.717, 1.165) is 25.1 Å². The molecule has 0 aromatic carbocycles. The van der Waals surface area contributed by atoms with E-state index in [4.69, 9.17) is 21.6 Å². The van der Waals surface area contributed by atoms with Crippen LogP contribution in [-0.4, -0.2) is 47.8 Å². The first-order valence-electron chi connectivity index (χ1n) is 7.97. The molecular formula is C17H23ClN4O2. The number of carbonyl (C=O) groups excluding carboxylic acids is 1. The Hall–Kier alpha value is -2.00. The van der Waals surface area contributed by atoms with Crippen LogP contribution in [0.2, 0.25) is 5.02 Å². The van der Waals surface area contributed by atoms with Crippen molar-refractivity contribution in [3.63, 3.8) is 0 Å². The summed E-state index contributed by atoms with van der Waals surface area (Å²) >= 11 is 6.31. The maximum atomic E-state index is 12.3. The fraction of sp³-hybridized carbons (Fsp3) is 0.588. The molecule has 0 aliphatic carbocycles. The van der Waals surface area contributed by atoms with Crippen LogP contribution in [0.3, 0.4) is 0 Å². The normalized spacial score (nSPS) is 18.0. The topological polar surface area (TPSA) is 69.5 Å². The quantitative estimate of drug-likeness (QED) is 0.817. The van der Waals surface area contributed by atoms with E-state index in [1.807, 2.05) is 26.8 Å². The highest BCUT2D eigenvalue weighted by atomic mass is 35.5. The number of anilines is 1. The molecule has 1 atom stereocenters. The van der Waals surface area contributed by atoms with Gasteiger partial charge < -0.3 is 14.5 Å². The standard InChI is InChI=1S/C17H23ClN4O2/c1-17(2,3)24-16(23)21(4)13-6-5-7-22(11-13)14-10-20-9-12(8-19)15(14)18/h9-10,13H,5-7,11H2,1-4H3/t13-/m1/s1. The second-order valence-electron chi connectivity index (χ2n) is 6.97. The monoisotopic (exact) mass is 350 g/mol. The number of likely N-dealkylation sites (N-methyl/N-ethyl adjacent to an activating group) is 1. The molecule has 0 radical (unpaired) electrons. The van der Waals surface area contributed by atoms with Gasteiger partial charge in [-0.2, -0.15) is 5.26 Å². The number of carbonyl (C=O) groups is 1. The summed E-state index contributed by atoms with van der Waals surface area (Å²) in [5, 5.41) is 9.51. The average molecular weight is 351 g/mol. The molecule has 2 rings (SSSR count). The maximum Gasteiger partial charge on any atom is 0.410 e. The first-order valence-corrected chi connectivity index (χ1v) is 8.35. The molecule has 1 aliphatic heterocycles. The predicted octanol–water partition coefficient (Wildman–Crippen LogP) is 3.44. The minimum Gasteiger partial charge on any atom is -0.444 e. The van der Waals surface area contributed by atoms with E-state index in [2.05, 4.69) is 9.88 Å². The van der Waals surface area contributed by atoms with Crippen molar-refractivity contribution < 1.29 is 9.53 Å². The number of piperidine rings is 1. The van der Waals surface area contributed by atoms with Crippen molar-refractivity contribution in [3.8, 4) is 6.07 Å². The Balaban J connectivity index is 2.12. The SMILES string of the molecule is CN(C(=O)OC(C)(C)C)[C@@H]1CCCN(c2cncc(C#N)c2Cl)C1. The molecule has 1 aromatic heterocycles. The average Bonchev–Trinajstić information content (AvgIpc) is 2.53. The highest BCUT2D eigenvalue weighted by molar-refractivity contribution is 6.34. The number of amides is 1. The summed E-state index contributed by atoms with van der Waals surface area (Å²) in [6, 6.07) is 2.07. The third-order valence-corrected chi connectivity index (χ3v) is 4.35. The van der Waals surface area contributed by atoms with Crippen LogP contribution in [0.4, 0.5) is 10.5 Å². The van der Waals surface area contributed by atoms with Crippen LogP contribution in [0, 0.1) is 11.3 Å². The molecule has 0 bridgehead atoms. The number of halogens is 1. The van der Waals surface area contributed by atoms with Crippen LogP contribution < -0.4 is 4.90 Å². The summed E-state index contributed by atoms with van der Waals surface area (Å²) in [6.45, 7) is 7.00. The zero-order valence-corrected chi connectivity index (χ0v) is 15.3. The van der Waals surface area contributed by atoms with Gasteiger partial charge in [-0.25, -0.2) is 4.79 Å². The number of nitrogens with zero attached hydrogens (tertiary/aromatic N) is 4. The number of nitriles is 1. The van der Waals surface area contributed by atoms with E-state index < -0.39 is 5.60 Å². The lowest BCUT2D eigenvalue weighted by atomic mass is 10.0. The zero-order chi connectivity index (χ0) is 17.9. The van der Waals surface area contributed by atoms with Gasteiger partial charge in [-0.15, -0.1) is 0 Å². The van der Waals surface area contributed by atoms with Crippen molar-refractivity contribution in [2.24, 2.45) is 0 Å². The second-order valence-corrected chi connectivity index (χ2v) is 7.34. The number of hydrogen-bond acceptors (Lipinski definition) is 5. The van der Waals surface area contributed by atoms with Crippen molar-refractivity contribution in [1.82, 2.24) is 9.88 Å². The van der Waals surface area contributed by atoms with Gasteiger partial charge in [-0.05, 0) is 33.6 Å². The van der Waals surface area contributed by atoms with Crippen molar-refractivity contribution in [3.05, 3.63) is 23.0 Å². The van der Waals surface area contributed by atoms with Crippen molar-refractivity contribution in [2.75, 3.05) is 25.0 Å². The number of pyridine rings is 1. The summed E-state index contributed by atoms with van der Waals surface area (Å²) in [5.74, 6) is 0. The van der Waals surface area contributed by atoms with Crippen LogP contribution in [0.5, 0.6) is 0 Å². The summed E-state index contributed by atoms with van der Waals surface area (Å²) in [6.07, 6.45) is 4.61. The number of ether oxygens (including phenoxy) is 1. The molecule has 6 nitrogen and oxygen atoms in total. The zero-order valence-electron chi connectivity index (χ0n) is 14.5. The summed E-state index contributed by atoms with van der Waals surface area (Å²) in [7, 11) is 1.76. The molecule has 0 saturated carbocycles. The molecule has 24 heavy (non-hydrogen) atoms. The Bertz CT molecular complexity index is 651. The molecule has 130 valence electrons. The molecule has 0 unspecified atom stereocenters. The Morgan fingerprint density at radius 3 is 2.83 bits per heavy atom. The van der Waals surface area contributed by atoms with Crippen molar-refractivity contribution >= 4 is 23.4 Å². The molecule has 0 spiro atoms. The van der Waals surface area contributed by atoms with Crippen LogP contribution in [-0.2, 0) is 4.74 Å². The van der Waals surface area contributed by atoms with Gasteiger partial charge in [0.1, 0.15) is 11.7 Å².